The molecule has 2 aromatic rings. The molecule has 0 unspecified atom stereocenters. The van der Waals surface area contributed by atoms with Crippen molar-refractivity contribution >= 4 is 11.8 Å². The summed E-state index contributed by atoms with van der Waals surface area (Å²) >= 11 is 0. The van der Waals surface area contributed by atoms with E-state index in [1.165, 1.54) is 6.07 Å². The molecule has 18 heavy (non-hydrogen) atoms. The Hall–Kier alpha value is -2.64. The molecule has 2 rings (SSSR count). The van der Waals surface area contributed by atoms with Crippen LogP contribution in [0.25, 0.3) is 0 Å². The number of carbonyl (C=O) groups is 1. The van der Waals surface area contributed by atoms with Crippen LogP contribution in [0, 0.1) is 10.1 Å². The van der Waals surface area contributed by atoms with E-state index in [9.17, 15) is 14.9 Å². The van der Waals surface area contributed by atoms with Crippen LogP contribution in [0.3, 0.4) is 0 Å². The second kappa shape index (κ2) is 5.13. The molecule has 8 nitrogen and oxygen atoms in total. The van der Waals surface area contributed by atoms with Gasteiger partial charge in [0, 0.05) is 24.9 Å². The van der Waals surface area contributed by atoms with Gasteiger partial charge in [0.25, 0.3) is 5.91 Å². The third-order valence-corrected chi connectivity index (χ3v) is 2.23. The Morgan fingerprint density at radius 3 is 3.00 bits per heavy atom. The van der Waals surface area contributed by atoms with E-state index in [-0.39, 0.29) is 5.76 Å². The maximum Gasteiger partial charge on any atom is 0.433 e. The molecular weight excluding hydrogens is 240 g/mol. The SMILES string of the molecule is O=C(NCCc1cnc[nH]1)c1ccc([N+](=O)[O-])o1. The van der Waals surface area contributed by atoms with Gasteiger partial charge in [0.05, 0.1) is 12.4 Å². The van der Waals surface area contributed by atoms with E-state index in [1.54, 1.807) is 12.5 Å². The monoisotopic (exact) mass is 250 g/mol. The molecule has 0 aliphatic rings. The van der Waals surface area contributed by atoms with Crippen molar-refractivity contribution in [3.63, 3.8) is 0 Å². The minimum Gasteiger partial charge on any atom is -0.395 e. The average Bonchev–Trinajstić information content (AvgIpc) is 2.99. The molecule has 0 aliphatic heterocycles. The van der Waals surface area contributed by atoms with E-state index < -0.39 is 16.7 Å². The number of carbonyl (C=O) groups excluding carboxylic acids is 1. The van der Waals surface area contributed by atoms with Crippen LogP contribution in [0.15, 0.2) is 29.1 Å². The number of aromatic nitrogens is 2. The maximum absolute atomic E-state index is 11.6. The molecule has 2 heterocycles. The number of nitro groups is 1. The lowest BCUT2D eigenvalue weighted by Gasteiger charge is -2.00. The van der Waals surface area contributed by atoms with Gasteiger partial charge in [0.15, 0.2) is 5.76 Å². The molecule has 8 heteroatoms. The zero-order chi connectivity index (χ0) is 13.0. The number of rotatable bonds is 5. The molecule has 1 amide bonds. The molecule has 0 aromatic carbocycles. The normalized spacial score (nSPS) is 10.2. The molecule has 2 aromatic heterocycles. The minimum atomic E-state index is -0.693. The number of imidazole rings is 1. The van der Waals surface area contributed by atoms with Gasteiger partial charge in [-0.1, -0.05) is 0 Å². The largest absolute Gasteiger partial charge is 0.433 e. The van der Waals surface area contributed by atoms with Crippen molar-refractivity contribution in [2.75, 3.05) is 6.54 Å². The molecule has 0 atom stereocenters. The highest BCUT2D eigenvalue weighted by Gasteiger charge is 2.16. The highest BCUT2D eigenvalue weighted by Crippen LogP contribution is 2.15. The van der Waals surface area contributed by atoms with E-state index in [1.807, 2.05) is 0 Å². The third-order valence-electron chi connectivity index (χ3n) is 2.23. The third kappa shape index (κ3) is 2.73. The Balaban J connectivity index is 1.85. The summed E-state index contributed by atoms with van der Waals surface area (Å²) in [7, 11) is 0. The number of amides is 1. The molecule has 0 bridgehead atoms. The molecule has 94 valence electrons. The summed E-state index contributed by atoms with van der Waals surface area (Å²) in [5.74, 6) is -1.01. The lowest BCUT2D eigenvalue weighted by atomic mass is 10.3. The minimum absolute atomic E-state index is 0.0775. The average molecular weight is 250 g/mol. The smallest absolute Gasteiger partial charge is 0.395 e. The Bertz CT molecular complexity index is 546. The summed E-state index contributed by atoms with van der Waals surface area (Å²) in [5, 5.41) is 13.0. The molecule has 0 fully saturated rings. The quantitative estimate of drug-likeness (QED) is 0.604. The van der Waals surface area contributed by atoms with Crippen molar-refractivity contribution in [2.24, 2.45) is 0 Å². The Labute approximate surface area is 101 Å². The molecular formula is C10H10N4O4. The first-order chi connectivity index (χ1) is 8.66. The van der Waals surface area contributed by atoms with Crippen LogP contribution in [-0.2, 0) is 6.42 Å². The first kappa shape index (κ1) is 11.8. The van der Waals surface area contributed by atoms with Gasteiger partial charge in [-0.3, -0.25) is 14.9 Å². The molecule has 0 spiro atoms. The van der Waals surface area contributed by atoms with Gasteiger partial charge < -0.3 is 14.7 Å². The molecule has 2 N–H and O–H groups in total. The molecule has 0 aliphatic carbocycles. The number of nitrogens with one attached hydrogen (secondary N) is 2. The highest BCUT2D eigenvalue weighted by atomic mass is 16.6. The van der Waals surface area contributed by atoms with E-state index in [4.69, 9.17) is 4.42 Å². The predicted octanol–water partition coefficient (Wildman–Crippen LogP) is 0.883. The molecule has 0 radical (unpaired) electrons. The summed E-state index contributed by atoms with van der Waals surface area (Å²) in [5.41, 5.74) is 0.890. The van der Waals surface area contributed by atoms with Crippen molar-refractivity contribution in [3.8, 4) is 0 Å². The second-order valence-corrected chi connectivity index (χ2v) is 3.48. The van der Waals surface area contributed by atoms with Gasteiger partial charge >= 0.3 is 5.88 Å². The van der Waals surface area contributed by atoms with Crippen LogP contribution < -0.4 is 5.32 Å². The van der Waals surface area contributed by atoms with E-state index in [0.717, 1.165) is 11.8 Å². The van der Waals surface area contributed by atoms with Crippen molar-refractivity contribution in [1.82, 2.24) is 15.3 Å². The van der Waals surface area contributed by atoms with Gasteiger partial charge in [-0.15, -0.1) is 0 Å². The van der Waals surface area contributed by atoms with Crippen LogP contribution in [0.4, 0.5) is 5.88 Å². The van der Waals surface area contributed by atoms with E-state index in [0.29, 0.717) is 13.0 Å². The first-order valence-corrected chi connectivity index (χ1v) is 5.16. The highest BCUT2D eigenvalue weighted by molar-refractivity contribution is 5.91. The van der Waals surface area contributed by atoms with Gasteiger partial charge in [0.1, 0.15) is 4.92 Å². The van der Waals surface area contributed by atoms with Crippen LogP contribution in [0.5, 0.6) is 0 Å². The van der Waals surface area contributed by atoms with Gasteiger partial charge in [-0.25, -0.2) is 4.98 Å². The summed E-state index contributed by atoms with van der Waals surface area (Å²) in [4.78, 5) is 28.0. The number of hydrogen-bond acceptors (Lipinski definition) is 5. The van der Waals surface area contributed by atoms with Gasteiger partial charge in [0.2, 0.25) is 0 Å². The van der Waals surface area contributed by atoms with E-state index >= 15 is 0 Å². The van der Waals surface area contributed by atoms with Crippen molar-refractivity contribution in [3.05, 3.63) is 46.2 Å². The summed E-state index contributed by atoms with van der Waals surface area (Å²) in [6.07, 6.45) is 3.80. The van der Waals surface area contributed by atoms with Crippen molar-refractivity contribution in [1.29, 1.82) is 0 Å². The van der Waals surface area contributed by atoms with E-state index in [2.05, 4.69) is 15.3 Å². The summed E-state index contributed by atoms with van der Waals surface area (Å²) in [6.45, 7) is 0.384. The van der Waals surface area contributed by atoms with Crippen molar-refractivity contribution < 1.29 is 14.1 Å². The number of furan rings is 1. The summed E-state index contributed by atoms with van der Waals surface area (Å²) < 4.78 is 4.76. The fourth-order valence-electron chi connectivity index (χ4n) is 1.37. The van der Waals surface area contributed by atoms with Crippen LogP contribution in [-0.4, -0.2) is 27.3 Å². The zero-order valence-electron chi connectivity index (χ0n) is 9.25. The van der Waals surface area contributed by atoms with Crippen molar-refractivity contribution in [2.45, 2.75) is 6.42 Å². The number of nitrogens with zero attached hydrogens (tertiary/aromatic N) is 2. The lowest BCUT2D eigenvalue weighted by molar-refractivity contribution is -0.402. The second-order valence-electron chi connectivity index (χ2n) is 3.48. The molecule has 0 saturated heterocycles. The Morgan fingerprint density at radius 2 is 2.39 bits per heavy atom. The van der Waals surface area contributed by atoms with Crippen LogP contribution in [0.2, 0.25) is 0 Å². The maximum atomic E-state index is 11.6. The zero-order valence-corrected chi connectivity index (χ0v) is 9.25. The fraction of sp³-hybridized carbons (Fsp3) is 0.200. The van der Waals surface area contributed by atoms with Gasteiger partial charge in [-0.2, -0.15) is 0 Å². The first-order valence-electron chi connectivity index (χ1n) is 5.16. The standard InChI is InChI=1S/C10H10N4O4/c15-10(8-1-2-9(18-8)14(16)17)12-4-3-7-5-11-6-13-7/h1-2,5-6H,3-4H2,(H,11,13)(H,12,15). The Morgan fingerprint density at radius 1 is 1.56 bits per heavy atom. The van der Waals surface area contributed by atoms with Crippen LogP contribution >= 0.6 is 0 Å². The topological polar surface area (TPSA) is 114 Å². The fourth-order valence-corrected chi connectivity index (χ4v) is 1.37. The number of H-pyrrole nitrogens is 1. The van der Waals surface area contributed by atoms with Gasteiger partial charge in [-0.05, 0) is 6.07 Å². The molecule has 0 saturated carbocycles. The summed E-state index contributed by atoms with van der Waals surface area (Å²) in [6, 6.07) is 2.41. The Kier molecular flexibility index (Phi) is 3.37. The number of hydrogen-bond donors (Lipinski definition) is 2. The predicted molar refractivity (Wildman–Crippen MR) is 60.0 cm³/mol. The van der Waals surface area contributed by atoms with Crippen LogP contribution in [0.1, 0.15) is 16.2 Å². The number of aromatic amines is 1. The lowest BCUT2D eigenvalue weighted by Crippen LogP contribution is -2.25.